The van der Waals surface area contributed by atoms with Crippen LogP contribution in [0, 0.1) is 12.7 Å². The molecule has 0 amide bonds. The van der Waals surface area contributed by atoms with Crippen LogP contribution >= 0.6 is 0 Å². The number of aryl methyl sites for hydroxylation is 1. The van der Waals surface area contributed by atoms with Crippen LogP contribution in [-0.2, 0) is 6.42 Å². The fourth-order valence-electron chi connectivity index (χ4n) is 3.11. The van der Waals surface area contributed by atoms with Gasteiger partial charge in [-0.15, -0.1) is 0 Å². The van der Waals surface area contributed by atoms with Gasteiger partial charge in [0, 0.05) is 11.6 Å². The first-order valence-electron chi connectivity index (χ1n) is 7.41. The van der Waals surface area contributed by atoms with E-state index in [1.54, 1.807) is 6.07 Å². The molecule has 1 aromatic carbocycles. The zero-order chi connectivity index (χ0) is 14.8. The van der Waals surface area contributed by atoms with Crippen molar-refractivity contribution in [2.24, 2.45) is 5.84 Å². The molecule has 2 rings (SSSR count). The van der Waals surface area contributed by atoms with Crippen molar-refractivity contribution in [3.63, 3.8) is 0 Å². The number of nitrogens with two attached hydrogens (primary N) is 1. The Bertz CT molecular complexity index is 453. The standard InChI is InChI=1S/C16H26FN3/c1-12-6-7-14(17)10-13(12)11-15(19-18)16(2,3)20-8-4-5-9-20/h6-7,10,15,19H,4-5,8-9,11,18H2,1-3H3. The molecule has 3 nitrogen and oxygen atoms in total. The smallest absolute Gasteiger partial charge is 0.123 e. The minimum Gasteiger partial charge on any atom is -0.297 e. The third kappa shape index (κ3) is 3.19. The first kappa shape index (κ1) is 15.4. The molecule has 0 radical (unpaired) electrons. The number of likely N-dealkylation sites (tertiary alicyclic amines) is 1. The molecule has 112 valence electrons. The Morgan fingerprint density at radius 3 is 2.60 bits per heavy atom. The summed E-state index contributed by atoms with van der Waals surface area (Å²) in [4.78, 5) is 2.48. The minimum absolute atomic E-state index is 0.0377. The van der Waals surface area contributed by atoms with Crippen molar-refractivity contribution in [1.29, 1.82) is 0 Å². The average Bonchev–Trinajstić information content (AvgIpc) is 2.94. The highest BCUT2D eigenvalue weighted by molar-refractivity contribution is 5.28. The number of rotatable bonds is 5. The maximum absolute atomic E-state index is 13.4. The molecule has 20 heavy (non-hydrogen) atoms. The van der Waals surface area contributed by atoms with Crippen molar-refractivity contribution in [1.82, 2.24) is 10.3 Å². The molecule has 3 N–H and O–H groups in total. The van der Waals surface area contributed by atoms with E-state index >= 15 is 0 Å². The van der Waals surface area contributed by atoms with E-state index in [2.05, 4.69) is 24.2 Å². The molecule has 1 aromatic rings. The molecule has 0 saturated carbocycles. The van der Waals surface area contributed by atoms with Gasteiger partial charge in [0.1, 0.15) is 5.82 Å². The number of hydrogen-bond acceptors (Lipinski definition) is 3. The Morgan fingerprint density at radius 2 is 2.00 bits per heavy atom. The summed E-state index contributed by atoms with van der Waals surface area (Å²) in [6.07, 6.45) is 3.24. The number of benzene rings is 1. The van der Waals surface area contributed by atoms with Gasteiger partial charge in [-0.3, -0.25) is 16.2 Å². The molecule has 1 saturated heterocycles. The van der Waals surface area contributed by atoms with E-state index in [0.717, 1.165) is 30.6 Å². The molecule has 4 heteroatoms. The molecule has 1 atom stereocenters. The van der Waals surface area contributed by atoms with Gasteiger partial charge in [-0.25, -0.2) is 4.39 Å². The number of nitrogens with one attached hydrogen (secondary N) is 1. The second-order valence-corrected chi connectivity index (χ2v) is 6.34. The van der Waals surface area contributed by atoms with Crippen LogP contribution in [0.5, 0.6) is 0 Å². The molecule has 1 fully saturated rings. The highest BCUT2D eigenvalue weighted by atomic mass is 19.1. The summed E-state index contributed by atoms with van der Waals surface area (Å²) in [7, 11) is 0. The van der Waals surface area contributed by atoms with Crippen molar-refractivity contribution < 1.29 is 4.39 Å². The van der Waals surface area contributed by atoms with E-state index in [-0.39, 0.29) is 17.4 Å². The molecule has 0 bridgehead atoms. The van der Waals surface area contributed by atoms with Gasteiger partial charge in [-0.05, 0) is 76.4 Å². The third-order valence-electron chi connectivity index (χ3n) is 4.71. The van der Waals surface area contributed by atoms with Crippen molar-refractivity contribution in [2.75, 3.05) is 13.1 Å². The second kappa shape index (κ2) is 6.20. The Balaban J connectivity index is 2.17. The normalized spacial score (nSPS) is 18.4. The van der Waals surface area contributed by atoms with Crippen molar-refractivity contribution >= 4 is 0 Å². The lowest BCUT2D eigenvalue weighted by molar-refractivity contribution is 0.106. The molecule has 0 spiro atoms. The summed E-state index contributed by atoms with van der Waals surface area (Å²) in [5.74, 6) is 5.61. The molecule has 1 aliphatic heterocycles. The molecule has 0 aromatic heterocycles. The van der Waals surface area contributed by atoms with Crippen molar-refractivity contribution in [2.45, 2.75) is 51.6 Å². The monoisotopic (exact) mass is 279 g/mol. The number of hydrazine groups is 1. The van der Waals surface area contributed by atoms with Crippen LogP contribution in [0.3, 0.4) is 0 Å². The summed E-state index contributed by atoms with van der Waals surface area (Å²) >= 11 is 0. The SMILES string of the molecule is Cc1ccc(F)cc1CC(NN)C(C)(C)N1CCCC1. The fourth-order valence-corrected chi connectivity index (χ4v) is 3.11. The van der Waals surface area contributed by atoms with Gasteiger partial charge in [-0.1, -0.05) is 6.07 Å². The maximum atomic E-state index is 13.4. The van der Waals surface area contributed by atoms with Gasteiger partial charge in [0.2, 0.25) is 0 Å². The average molecular weight is 279 g/mol. The second-order valence-electron chi connectivity index (χ2n) is 6.34. The van der Waals surface area contributed by atoms with Crippen LogP contribution in [0.2, 0.25) is 0 Å². The number of halogens is 1. The summed E-state index contributed by atoms with van der Waals surface area (Å²) < 4.78 is 13.4. The lowest BCUT2D eigenvalue weighted by Gasteiger charge is -2.42. The van der Waals surface area contributed by atoms with Crippen LogP contribution in [0.25, 0.3) is 0 Å². The highest BCUT2D eigenvalue weighted by Gasteiger charge is 2.36. The summed E-state index contributed by atoms with van der Waals surface area (Å²) in [5.41, 5.74) is 5.06. The lowest BCUT2D eigenvalue weighted by atomic mass is 9.87. The third-order valence-corrected chi connectivity index (χ3v) is 4.71. The van der Waals surface area contributed by atoms with Crippen LogP contribution in [0.15, 0.2) is 18.2 Å². The summed E-state index contributed by atoms with van der Waals surface area (Å²) in [6, 6.07) is 5.07. The topological polar surface area (TPSA) is 41.3 Å². The van der Waals surface area contributed by atoms with E-state index in [4.69, 9.17) is 5.84 Å². The van der Waals surface area contributed by atoms with Crippen LogP contribution < -0.4 is 11.3 Å². The van der Waals surface area contributed by atoms with Gasteiger partial charge in [0.15, 0.2) is 0 Å². The number of hydrogen-bond donors (Lipinski definition) is 2. The van der Waals surface area contributed by atoms with Crippen LogP contribution in [0.4, 0.5) is 4.39 Å². The largest absolute Gasteiger partial charge is 0.297 e. The lowest BCUT2D eigenvalue weighted by Crippen LogP contribution is -2.59. The quantitative estimate of drug-likeness (QED) is 0.642. The Morgan fingerprint density at radius 1 is 1.35 bits per heavy atom. The van der Waals surface area contributed by atoms with Crippen LogP contribution in [-0.4, -0.2) is 29.6 Å². The van der Waals surface area contributed by atoms with E-state index in [1.165, 1.54) is 18.9 Å². The van der Waals surface area contributed by atoms with Gasteiger partial charge < -0.3 is 0 Å². The Kier molecular flexibility index (Phi) is 4.78. The highest BCUT2D eigenvalue weighted by Crippen LogP contribution is 2.26. The fraction of sp³-hybridized carbons (Fsp3) is 0.625. The van der Waals surface area contributed by atoms with Gasteiger partial charge >= 0.3 is 0 Å². The molecule has 1 heterocycles. The zero-order valence-corrected chi connectivity index (χ0v) is 12.7. The predicted molar refractivity (Wildman–Crippen MR) is 80.8 cm³/mol. The Labute approximate surface area is 121 Å². The van der Waals surface area contributed by atoms with E-state index in [1.807, 2.05) is 13.0 Å². The predicted octanol–water partition coefficient (Wildman–Crippen LogP) is 2.38. The zero-order valence-electron chi connectivity index (χ0n) is 12.7. The number of nitrogens with zero attached hydrogens (tertiary/aromatic N) is 1. The minimum atomic E-state index is -0.180. The van der Waals surface area contributed by atoms with E-state index < -0.39 is 0 Å². The van der Waals surface area contributed by atoms with Gasteiger partial charge in [0.25, 0.3) is 0 Å². The van der Waals surface area contributed by atoms with E-state index in [9.17, 15) is 4.39 Å². The first-order chi connectivity index (χ1) is 9.45. The molecular formula is C16H26FN3. The van der Waals surface area contributed by atoms with Gasteiger partial charge in [-0.2, -0.15) is 0 Å². The van der Waals surface area contributed by atoms with E-state index in [0.29, 0.717) is 0 Å². The van der Waals surface area contributed by atoms with Gasteiger partial charge in [0.05, 0.1) is 0 Å². The Hall–Kier alpha value is -0.970. The molecule has 0 aliphatic carbocycles. The maximum Gasteiger partial charge on any atom is 0.123 e. The van der Waals surface area contributed by atoms with Crippen molar-refractivity contribution in [3.8, 4) is 0 Å². The summed E-state index contributed by atoms with van der Waals surface area (Å²) in [6.45, 7) is 8.70. The van der Waals surface area contributed by atoms with Crippen molar-refractivity contribution in [3.05, 3.63) is 35.1 Å². The van der Waals surface area contributed by atoms with Crippen LogP contribution in [0.1, 0.15) is 37.8 Å². The summed E-state index contributed by atoms with van der Waals surface area (Å²) in [5, 5.41) is 0. The molecule has 1 aliphatic rings. The first-order valence-corrected chi connectivity index (χ1v) is 7.41. The molecule has 1 unspecified atom stereocenters. The molecular weight excluding hydrogens is 253 g/mol.